The van der Waals surface area contributed by atoms with Gasteiger partial charge >= 0.3 is 5.97 Å². The zero-order valence-corrected chi connectivity index (χ0v) is 18.7. The first-order valence-electron chi connectivity index (χ1n) is 10.7. The van der Waals surface area contributed by atoms with E-state index in [1.807, 2.05) is 63.2 Å². The molecule has 1 aromatic heterocycles. The van der Waals surface area contributed by atoms with E-state index in [4.69, 9.17) is 18.6 Å². The lowest BCUT2D eigenvalue weighted by molar-refractivity contribution is -0.136. The van der Waals surface area contributed by atoms with Crippen LogP contribution in [-0.2, 0) is 11.2 Å². The number of hydrogen-bond acceptors (Lipinski definition) is 6. The van der Waals surface area contributed by atoms with Crippen molar-refractivity contribution in [2.75, 3.05) is 6.61 Å². The molecule has 0 aliphatic heterocycles. The molecule has 0 fully saturated rings. The number of esters is 1. The van der Waals surface area contributed by atoms with Crippen LogP contribution in [-0.4, -0.2) is 12.6 Å². The Kier molecular flexibility index (Phi) is 6.45. The highest BCUT2D eigenvalue weighted by atomic mass is 16.6. The Balaban J connectivity index is 1.47. The monoisotopic (exact) mass is 444 g/mol. The number of fused-ring (bicyclic) bond motifs is 1. The molecule has 0 saturated carbocycles. The third-order valence-corrected chi connectivity index (χ3v) is 5.07. The van der Waals surface area contributed by atoms with Gasteiger partial charge in [-0.1, -0.05) is 31.2 Å². The van der Waals surface area contributed by atoms with Gasteiger partial charge in [0.15, 0.2) is 6.61 Å². The molecule has 0 atom stereocenters. The normalized spacial score (nSPS) is 10.8. The standard InChI is InChI=1S/C27H24O6/c1-4-19-7-5-6-8-23(19)33-25-15-31-24-14-20(9-10-22(24)27(25)29)32-26(28)16-30-21-12-17(2)11-18(3)13-21/h5-15H,4,16H2,1-3H3. The van der Waals surface area contributed by atoms with Crippen LogP contribution < -0.4 is 19.6 Å². The molecule has 6 heteroatoms. The fourth-order valence-electron chi connectivity index (χ4n) is 3.56. The second-order valence-electron chi connectivity index (χ2n) is 7.74. The van der Waals surface area contributed by atoms with Crippen LogP contribution in [0.1, 0.15) is 23.6 Å². The summed E-state index contributed by atoms with van der Waals surface area (Å²) in [5.41, 5.74) is 3.06. The fourth-order valence-corrected chi connectivity index (χ4v) is 3.56. The van der Waals surface area contributed by atoms with Gasteiger partial charge in [-0.2, -0.15) is 0 Å². The van der Waals surface area contributed by atoms with Crippen LogP contribution in [0.4, 0.5) is 0 Å². The first-order chi connectivity index (χ1) is 15.9. The largest absolute Gasteiger partial charge is 0.482 e. The van der Waals surface area contributed by atoms with Gasteiger partial charge in [-0.05, 0) is 67.3 Å². The second-order valence-corrected chi connectivity index (χ2v) is 7.74. The lowest BCUT2D eigenvalue weighted by atomic mass is 10.1. The van der Waals surface area contributed by atoms with Gasteiger partial charge in [-0.3, -0.25) is 4.79 Å². The Morgan fingerprint density at radius 2 is 1.67 bits per heavy atom. The highest BCUT2D eigenvalue weighted by Gasteiger charge is 2.13. The number of rotatable bonds is 7. The lowest BCUT2D eigenvalue weighted by Crippen LogP contribution is -2.17. The van der Waals surface area contributed by atoms with E-state index < -0.39 is 5.97 Å². The summed E-state index contributed by atoms with van der Waals surface area (Å²) in [5, 5.41) is 0.327. The van der Waals surface area contributed by atoms with Gasteiger partial charge in [0.25, 0.3) is 0 Å². The quantitative estimate of drug-likeness (QED) is 0.267. The van der Waals surface area contributed by atoms with Gasteiger partial charge in [0.05, 0.1) is 5.39 Å². The summed E-state index contributed by atoms with van der Waals surface area (Å²) in [4.78, 5) is 25.1. The molecular weight excluding hydrogens is 420 g/mol. The average molecular weight is 444 g/mol. The highest BCUT2D eigenvalue weighted by Crippen LogP contribution is 2.26. The van der Waals surface area contributed by atoms with Crippen LogP contribution in [0.3, 0.4) is 0 Å². The Labute approximate surface area is 191 Å². The minimum atomic E-state index is -0.563. The molecule has 0 radical (unpaired) electrons. The third kappa shape index (κ3) is 5.23. The number of aryl methyl sites for hydroxylation is 3. The van der Waals surface area contributed by atoms with Crippen molar-refractivity contribution in [2.45, 2.75) is 27.2 Å². The van der Waals surface area contributed by atoms with Crippen LogP contribution in [0.25, 0.3) is 11.0 Å². The number of para-hydroxylation sites is 1. The predicted molar refractivity (Wildman–Crippen MR) is 125 cm³/mol. The Bertz CT molecular complexity index is 1350. The van der Waals surface area contributed by atoms with Gasteiger partial charge < -0.3 is 18.6 Å². The minimum absolute atomic E-state index is 0.0926. The van der Waals surface area contributed by atoms with Crippen molar-refractivity contribution in [2.24, 2.45) is 0 Å². The van der Waals surface area contributed by atoms with E-state index >= 15 is 0 Å². The first kappa shape index (κ1) is 22.1. The van der Waals surface area contributed by atoms with E-state index in [1.54, 1.807) is 6.07 Å². The Hall–Kier alpha value is -4.06. The smallest absolute Gasteiger partial charge is 0.349 e. The van der Waals surface area contributed by atoms with Crippen molar-refractivity contribution in [1.29, 1.82) is 0 Å². The summed E-state index contributed by atoms with van der Waals surface area (Å²) in [6.45, 7) is 5.69. The average Bonchev–Trinajstić information content (AvgIpc) is 2.79. The van der Waals surface area contributed by atoms with Gasteiger partial charge in [-0.25, -0.2) is 4.79 Å². The first-order valence-corrected chi connectivity index (χ1v) is 10.7. The molecule has 1 heterocycles. The molecule has 0 saturated heterocycles. The SMILES string of the molecule is CCc1ccccc1Oc1coc2cc(OC(=O)COc3cc(C)cc(C)c3)ccc2c1=O. The maximum atomic E-state index is 12.9. The number of carbonyl (C=O) groups is 1. The van der Waals surface area contributed by atoms with Crippen molar-refractivity contribution >= 4 is 16.9 Å². The molecule has 0 amide bonds. The number of carbonyl (C=O) groups excluding carboxylic acids is 1. The van der Waals surface area contributed by atoms with Gasteiger partial charge in [-0.15, -0.1) is 0 Å². The summed E-state index contributed by atoms with van der Waals surface area (Å²) in [6.07, 6.45) is 2.04. The lowest BCUT2D eigenvalue weighted by Gasteiger charge is -2.10. The second kappa shape index (κ2) is 9.61. The van der Waals surface area contributed by atoms with Gasteiger partial charge in [0.2, 0.25) is 11.2 Å². The third-order valence-electron chi connectivity index (χ3n) is 5.07. The predicted octanol–water partition coefficient (Wildman–Crippen LogP) is 5.75. The molecule has 0 aliphatic rings. The van der Waals surface area contributed by atoms with E-state index in [0.29, 0.717) is 16.9 Å². The topological polar surface area (TPSA) is 75.0 Å². The number of ether oxygens (including phenoxy) is 3. The molecule has 0 unspecified atom stereocenters. The molecule has 168 valence electrons. The molecule has 33 heavy (non-hydrogen) atoms. The summed E-state index contributed by atoms with van der Waals surface area (Å²) in [5.74, 6) is 0.999. The summed E-state index contributed by atoms with van der Waals surface area (Å²) >= 11 is 0. The van der Waals surface area contributed by atoms with E-state index in [2.05, 4.69) is 0 Å². The Morgan fingerprint density at radius 1 is 0.909 bits per heavy atom. The van der Waals surface area contributed by atoms with E-state index in [0.717, 1.165) is 23.1 Å². The van der Waals surface area contributed by atoms with E-state index in [9.17, 15) is 9.59 Å². The summed E-state index contributed by atoms with van der Waals surface area (Å²) in [7, 11) is 0. The molecule has 4 rings (SSSR count). The van der Waals surface area contributed by atoms with Crippen molar-refractivity contribution in [3.05, 3.63) is 93.8 Å². The molecule has 6 nitrogen and oxygen atoms in total. The summed E-state index contributed by atoms with van der Waals surface area (Å²) in [6, 6.07) is 17.8. The molecule has 0 N–H and O–H groups in total. The molecule has 0 aliphatic carbocycles. The zero-order valence-electron chi connectivity index (χ0n) is 18.7. The molecule has 0 bridgehead atoms. The van der Waals surface area contributed by atoms with Crippen LogP contribution in [0.15, 0.2) is 76.1 Å². The molecule has 4 aromatic rings. The van der Waals surface area contributed by atoms with Crippen LogP contribution in [0, 0.1) is 13.8 Å². The maximum absolute atomic E-state index is 12.9. The maximum Gasteiger partial charge on any atom is 0.349 e. The number of hydrogen-bond donors (Lipinski definition) is 0. The van der Waals surface area contributed by atoms with Crippen LogP contribution >= 0.6 is 0 Å². The van der Waals surface area contributed by atoms with Crippen molar-refractivity contribution in [1.82, 2.24) is 0 Å². The molecule has 3 aromatic carbocycles. The molecule has 0 spiro atoms. The van der Waals surface area contributed by atoms with Gasteiger partial charge in [0.1, 0.15) is 29.1 Å². The van der Waals surface area contributed by atoms with Crippen molar-refractivity contribution < 1.29 is 23.4 Å². The Morgan fingerprint density at radius 3 is 2.42 bits per heavy atom. The minimum Gasteiger partial charge on any atom is -0.482 e. The number of benzene rings is 3. The van der Waals surface area contributed by atoms with Crippen molar-refractivity contribution in [3.63, 3.8) is 0 Å². The molecular formula is C27H24O6. The van der Waals surface area contributed by atoms with Gasteiger partial charge in [0, 0.05) is 6.07 Å². The summed E-state index contributed by atoms with van der Waals surface area (Å²) < 4.78 is 22.3. The van der Waals surface area contributed by atoms with Crippen LogP contribution in [0.5, 0.6) is 23.0 Å². The zero-order chi connectivity index (χ0) is 23.4. The fraction of sp³-hybridized carbons (Fsp3) is 0.185. The van der Waals surface area contributed by atoms with E-state index in [1.165, 1.54) is 18.4 Å². The van der Waals surface area contributed by atoms with E-state index in [-0.39, 0.29) is 29.1 Å². The highest BCUT2D eigenvalue weighted by molar-refractivity contribution is 5.81. The van der Waals surface area contributed by atoms with Crippen LogP contribution in [0.2, 0.25) is 0 Å². The van der Waals surface area contributed by atoms with Crippen molar-refractivity contribution in [3.8, 4) is 23.0 Å².